The first-order valence-electron chi connectivity index (χ1n) is 15.5. The van der Waals surface area contributed by atoms with E-state index in [0.29, 0.717) is 5.82 Å². The number of nitrogens with zero attached hydrogens (tertiary/aromatic N) is 3. The van der Waals surface area contributed by atoms with Crippen LogP contribution in [0, 0.1) is 6.92 Å². The van der Waals surface area contributed by atoms with Crippen LogP contribution in [-0.4, -0.2) is 15.0 Å². The summed E-state index contributed by atoms with van der Waals surface area (Å²) in [6.45, 7) is 2.04. The minimum absolute atomic E-state index is 0.690. The molecule has 2 heterocycles. The van der Waals surface area contributed by atoms with Crippen molar-refractivity contribution in [3.63, 3.8) is 0 Å². The van der Waals surface area contributed by atoms with Crippen molar-refractivity contribution in [2.75, 3.05) is 0 Å². The van der Waals surface area contributed by atoms with Gasteiger partial charge in [0.15, 0.2) is 5.82 Å². The number of benzene rings is 5. The van der Waals surface area contributed by atoms with E-state index in [1.807, 2.05) is 25.1 Å². The zero-order valence-corrected chi connectivity index (χ0v) is 25.1. The monoisotopic (exact) mass is 577 g/mol. The van der Waals surface area contributed by atoms with Crippen molar-refractivity contribution >= 4 is 16.8 Å². The van der Waals surface area contributed by atoms with Crippen LogP contribution in [0.2, 0.25) is 0 Å². The highest BCUT2D eigenvalue weighted by Gasteiger charge is 2.19. The number of rotatable bonds is 5. The van der Waals surface area contributed by atoms with Crippen LogP contribution >= 0.6 is 0 Å². The molecule has 0 unspecified atom stereocenters. The fourth-order valence-electron chi connectivity index (χ4n) is 6.41. The van der Waals surface area contributed by atoms with Gasteiger partial charge in [0.05, 0.1) is 17.1 Å². The van der Waals surface area contributed by atoms with E-state index < -0.39 is 0 Å². The van der Waals surface area contributed by atoms with Gasteiger partial charge in [-0.2, -0.15) is 0 Å². The molecular formula is C42H31N3. The Morgan fingerprint density at radius 1 is 0.511 bits per heavy atom. The van der Waals surface area contributed by atoms with Crippen molar-refractivity contribution in [3.8, 4) is 56.3 Å². The van der Waals surface area contributed by atoms with Gasteiger partial charge in [-0.1, -0.05) is 109 Å². The number of aromatic nitrogens is 3. The molecule has 0 N–H and O–H groups in total. The van der Waals surface area contributed by atoms with Crippen molar-refractivity contribution in [2.45, 2.75) is 19.8 Å². The Morgan fingerprint density at radius 3 is 1.91 bits per heavy atom. The summed E-state index contributed by atoms with van der Waals surface area (Å²) in [6.07, 6.45) is 6.70. The third kappa shape index (κ3) is 5.23. The molecule has 0 saturated heterocycles. The van der Waals surface area contributed by atoms with Gasteiger partial charge in [-0.15, -0.1) is 0 Å². The van der Waals surface area contributed by atoms with Crippen LogP contribution in [0.5, 0.6) is 0 Å². The minimum atomic E-state index is 0.690. The third-order valence-electron chi connectivity index (χ3n) is 8.57. The lowest BCUT2D eigenvalue weighted by atomic mass is 9.84. The average molecular weight is 578 g/mol. The summed E-state index contributed by atoms with van der Waals surface area (Å²) in [7, 11) is 0. The number of hydrogen-bond acceptors (Lipinski definition) is 3. The van der Waals surface area contributed by atoms with Crippen molar-refractivity contribution < 1.29 is 0 Å². The van der Waals surface area contributed by atoms with Gasteiger partial charge >= 0.3 is 0 Å². The van der Waals surface area contributed by atoms with Gasteiger partial charge in [0, 0.05) is 27.9 Å². The molecule has 3 nitrogen and oxygen atoms in total. The van der Waals surface area contributed by atoms with Gasteiger partial charge in [0.25, 0.3) is 0 Å². The first-order chi connectivity index (χ1) is 22.2. The lowest BCUT2D eigenvalue weighted by Gasteiger charge is -2.20. The highest BCUT2D eigenvalue weighted by Crippen LogP contribution is 2.41. The van der Waals surface area contributed by atoms with Crippen molar-refractivity contribution in [2.24, 2.45) is 0 Å². The van der Waals surface area contributed by atoms with Crippen LogP contribution in [-0.2, 0) is 6.42 Å². The van der Waals surface area contributed by atoms with Crippen molar-refractivity contribution in [1.82, 2.24) is 15.0 Å². The highest BCUT2D eigenvalue weighted by atomic mass is 14.9. The molecule has 1 aliphatic carbocycles. The number of fused-ring (bicyclic) bond motifs is 2. The van der Waals surface area contributed by atoms with E-state index in [9.17, 15) is 0 Å². The van der Waals surface area contributed by atoms with E-state index in [0.717, 1.165) is 63.4 Å². The standard InChI is InChI=1S/C42H31N3/c1-28-13-12-22-38(43-28)33-24-34(41-36-20-10-8-18-31(36)23-32-19-9-11-21-37(32)41)26-35(25-33)42-44-39(29-14-4-2-5-15-29)27-40(45-42)30-16-6-3-7-17-30/h2-8,10-18,20-27H,9,19H2,1H3. The van der Waals surface area contributed by atoms with Crippen molar-refractivity contribution in [3.05, 3.63) is 156 Å². The van der Waals surface area contributed by atoms with E-state index >= 15 is 0 Å². The summed E-state index contributed by atoms with van der Waals surface area (Å²) < 4.78 is 0. The van der Waals surface area contributed by atoms with Gasteiger partial charge < -0.3 is 0 Å². The Kier molecular flexibility index (Phi) is 6.84. The Labute approximate surface area is 263 Å². The SMILES string of the molecule is Cc1cccc(-c2cc(-c3nc(-c4ccccc4)cc(-c4ccccc4)n3)cc(-c3c4c(cc5ccccc35)CCC=C4)c2)n1. The molecule has 5 aromatic carbocycles. The average Bonchev–Trinajstić information content (AvgIpc) is 3.11. The maximum absolute atomic E-state index is 5.19. The normalized spacial score (nSPS) is 12.3. The lowest BCUT2D eigenvalue weighted by molar-refractivity contribution is 0.989. The van der Waals surface area contributed by atoms with Gasteiger partial charge in [0.2, 0.25) is 0 Å². The Morgan fingerprint density at radius 2 is 1.18 bits per heavy atom. The summed E-state index contributed by atoms with van der Waals surface area (Å²) in [5, 5.41) is 2.50. The molecule has 1 aliphatic rings. The highest BCUT2D eigenvalue weighted by molar-refractivity contribution is 6.03. The van der Waals surface area contributed by atoms with E-state index in [2.05, 4.69) is 127 Å². The number of aryl methyl sites for hydroxylation is 2. The maximum atomic E-state index is 5.19. The number of hydrogen-bond donors (Lipinski definition) is 0. The smallest absolute Gasteiger partial charge is 0.160 e. The zero-order valence-electron chi connectivity index (χ0n) is 25.1. The van der Waals surface area contributed by atoms with Crippen LogP contribution in [0.25, 0.3) is 73.1 Å². The number of allylic oxidation sites excluding steroid dienone is 1. The van der Waals surface area contributed by atoms with Crippen LogP contribution in [0.3, 0.4) is 0 Å². The predicted molar refractivity (Wildman–Crippen MR) is 187 cm³/mol. The van der Waals surface area contributed by atoms with Gasteiger partial charge in [-0.3, -0.25) is 4.98 Å². The topological polar surface area (TPSA) is 38.7 Å². The first-order valence-corrected chi connectivity index (χ1v) is 15.5. The second-order valence-corrected chi connectivity index (χ2v) is 11.6. The molecule has 0 saturated carbocycles. The molecule has 0 spiro atoms. The largest absolute Gasteiger partial charge is 0.253 e. The molecule has 2 aromatic heterocycles. The molecule has 7 aromatic rings. The summed E-state index contributed by atoms with van der Waals surface area (Å²) >= 11 is 0. The number of pyridine rings is 1. The molecule has 45 heavy (non-hydrogen) atoms. The molecular weight excluding hydrogens is 546 g/mol. The van der Waals surface area contributed by atoms with Gasteiger partial charge in [-0.05, 0) is 89.2 Å². The molecule has 8 rings (SSSR count). The Balaban J connectivity index is 1.42. The maximum Gasteiger partial charge on any atom is 0.160 e. The van der Waals surface area contributed by atoms with E-state index in [-0.39, 0.29) is 0 Å². The summed E-state index contributed by atoms with van der Waals surface area (Å²) in [5.74, 6) is 0.690. The van der Waals surface area contributed by atoms with Crippen molar-refractivity contribution in [1.29, 1.82) is 0 Å². The Bertz CT molecular complexity index is 2160. The molecule has 0 bridgehead atoms. The summed E-state index contributed by atoms with van der Waals surface area (Å²) in [4.78, 5) is 15.3. The summed E-state index contributed by atoms with van der Waals surface area (Å²) in [6, 6.07) is 46.8. The van der Waals surface area contributed by atoms with E-state index in [1.165, 1.54) is 27.5 Å². The van der Waals surface area contributed by atoms with Gasteiger partial charge in [-0.25, -0.2) is 9.97 Å². The Hall–Kier alpha value is -5.67. The van der Waals surface area contributed by atoms with Crippen LogP contribution in [0.15, 0.2) is 140 Å². The quantitative estimate of drug-likeness (QED) is 0.204. The third-order valence-corrected chi connectivity index (χ3v) is 8.57. The van der Waals surface area contributed by atoms with Crippen LogP contribution in [0.1, 0.15) is 23.2 Å². The first kappa shape index (κ1) is 26.9. The molecule has 0 atom stereocenters. The molecule has 3 heteroatoms. The second kappa shape index (κ2) is 11.4. The van der Waals surface area contributed by atoms with E-state index in [1.54, 1.807) is 0 Å². The molecule has 0 fully saturated rings. The van der Waals surface area contributed by atoms with Crippen LogP contribution < -0.4 is 0 Å². The second-order valence-electron chi connectivity index (χ2n) is 11.6. The fraction of sp³-hybridized carbons (Fsp3) is 0.0714. The molecule has 214 valence electrons. The van der Waals surface area contributed by atoms with E-state index in [4.69, 9.17) is 15.0 Å². The molecule has 0 amide bonds. The minimum Gasteiger partial charge on any atom is -0.253 e. The summed E-state index contributed by atoms with van der Waals surface area (Å²) in [5.41, 5.74) is 12.9. The van der Waals surface area contributed by atoms with Gasteiger partial charge in [0.1, 0.15) is 0 Å². The van der Waals surface area contributed by atoms with Crippen LogP contribution in [0.4, 0.5) is 0 Å². The molecule has 0 aliphatic heterocycles. The lowest BCUT2D eigenvalue weighted by Crippen LogP contribution is -2.00. The molecule has 0 radical (unpaired) electrons. The predicted octanol–water partition coefficient (Wildman–Crippen LogP) is 10.6. The zero-order chi connectivity index (χ0) is 30.2. The fourth-order valence-corrected chi connectivity index (χ4v) is 6.41.